The standard InChI is InChI=1S/C14H11F3N4O/c1-2-10-20-11-12(18-7-19-13(11)22)21(10)9-6-4-3-5-8(9)14(15,16)17/h3-7H,2H2,1H3,(H,18,19,22). The highest BCUT2D eigenvalue weighted by Crippen LogP contribution is 2.35. The maximum atomic E-state index is 13.2. The molecule has 1 aromatic carbocycles. The summed E-state index contributed by atoms with van der Waals surface area (Å²) in [5.41, 5.74) is -1.24. The van der Waals surface area contributed by atoms with E-state index in [-0.39, 0.29) is 16.9 Å². The van der Waals surface area contributed by atoms with Crippen LogP contribution in [-0.2, 0) is 12.6 Å². The van der Waals surface area contributed by atoms with Crippen LogP contribution in [0.5, 0.6) is 0 Å². The number of nitrogens with zero attached hydrogens (tertiary/aromatic N) is 3. The molecular weight excluding hydrogens is 297 g/mol. The first-order valence-electron chi connectivity index (χ1n) is 6.55. The molecule has 0 fully saturated rings. The maximum Gasteiger partial charge on any atom is 0.418 e. The Morgan fingerprint density at radius 3 is 2.68 bits per heavy atom. The van der Waals surface area contributed by atoms with E-state index in [1.165, 1.54) is 22.8 Å². The van der Waals surface area contributed by atoms with Crippen LogP contribution in [0.25, 0.3) is 16.9 Å². The third-order valence-corrected chi connectivity index (χ3v) is 3.29. The lowest BCUT2D eigenvalue weighted by Crippen LogP contribution is -2.13. The molecule has 0 spiro atoms. The van der Waals surface area contributed by atoms with Crippen LogP contribution >= 0.6 is 0 Å². The van der Waals surface area contributed by atoms with Crippen molar-refractivity contribution in [3.8, 4) is 5.69 Å². The van der Waals surface area contributed by atoms with Crippen molar-refractivity contribution in [2.24, 2.45) is 0 Å². The normalized spacial score (nSPS) is 12.0. The summed E-state index contributed by atoms with van der Waals surface area (Å²) in [5.74, 6) is 0.343. The van der Waals surface area contributed by atoms with Gasteiger partial charge in [0.15, 0.2) is 11.2 Å². The number of nitrogens with one attached hydrogen (secondary N) is 1. The van der Waals surface area contributed by atoms with Crippen molar-refractivity contribution in [3.63, 3.8) is 0 Å². The van der Waals surface area contributed by atoms with E-state index in [1.807, 2.05) is 0 Å². The fourth-order valence-electron chi connectivity index (χ4n) is 2.35. The summed E-state index contributed by atoms with van der Waals surface area (Å²) in [5, 5.41) is 0. The van der Waals surface area contributed by atoms with Crippen molar-refractivity contribution in [2.45, 2.75) is 19.5 Å². The van der Waals surface area contributed by atoms with Crippen molar-refractivity contribution in [3.05, 3.63) is 52.3 Å². The summed E-state index contributed by atoms with van der Waals surface area (Å²) in [6.45, 7) is 1.75. The lowest BCUT2D eigenvalue weighted by atomic mass is 10.1. The van der Waals surface area contributed by atoms with E-state index in [0.29, 0.717) is 12.2 Å². The molecule has 114 valence electrons. The van der Waals surface area contributed by atoms with Gasteiger partial charge in [0.1, 0.15) is 5.82 Å². The van der Waals surface area contributed by atoms with E-state index in [0.717, 1.165) is 12.4 Å². The Balaban J connectivity index is 2.41. The van der Waals surface area contributed by atoms with Crippen LogP contribution in [0.15, 0.2) is 35.4 Å². The smallest absolute Gasteiger partial charge is 0.311 e. The zero-order valence-corrected chi connectivity index (χ0v) is 11.5. The Kier molecular flexibility index (Phi) is 3.23. The predicted molar refractivity (Wildman–Crippen MR) is 73.9 cm³/mol. The molecule has 0 aliphatic rings. The Morgan fingerprint density at radius 2 is 2.00 bits per heavy atom. The minimum Gasteiger partial charge on any atom is -0.311 e. The van der Waals surface area contributed by atoms with Gasteiger partial charge < -0.3 is 4.98 Å². The van der Waals surface area contributed by atoms with Gasteiger partial charge in [-0.3, -0.25) is 9.36 Å². The number of hydrogen-bond donors (Lipinski definition) is 1. The van der Waals surface area contributed by atoms with E-state index in [9.17, 15) is 18.0 Å². The summed E-state index contributed by atoms with van der Waals surface area (Å²) in [4.78, 5) is 22.3. The highest BCUT2D eigenvalue weighted by molar-refractivity contribution is 5.73. The van der Waals surface area contributed by atoms with Crippen molar-refractivity contribution < 1.29 is 13.2 Å². The second-order valence-corrected chi connectivity index (χ2v) is 4.64. The molecule has 0 radical (unpaired) electrons. The molecule has 0 saturated carbocycles. The van der Waals surface area contributed by atoms with Gasteiger partial charge in [0.2, 0.25) is 0 Å². The number of aromatic nitrogens is 4. The third-order valence-electron chi connectivity index (χ3n) is 3.29. The lowest BCUT2D eigenvalue weighted by molar-refractivity contribution is -0.137. The van der Waals surface area contributed by atoms with Crippen LogP contribution in [-0.4, -0.2) is 19.5 Å². The van der Waals surface area contributed by atoms with Crippen LogP contribution in [0.2, 0.25) is 0 Å². The molecule has 1 N–H and O–H groups in total. The average molecular weight is 308 g/mol. The molecule has 2 heterocycles. The highest BCUT2D eigenvalue weighted by atomic mass is 19.4. The van der Waals surface area contributed by atoms with Crippen molar-refractivity contribution in [1.29, 1.82) is 0 Å². The average Bonchev–Trinajstić information content (AvgIpc) is 2.86. The SMILES string of the molecule is CCc1nc2c(=O)[nH]cnc2n1-c1ccccc1C(F)(F)F. The maximum absolute atomic E-state index is 13.2. The van der Waals surface area contributed by atoms with Crippen LogP contribution in [0, 0.1) is 0 Å². The van der Waals surface area contributed by atoms with Gasteiger partial charge in [0.05, 0.1) is 17.6 Å². The molecule has 0 atom stereocenters. The van der Waals surface area contributed by atoms with Crippen LogP contribution < -0.4 is 5.56 Å². The second-order valence-electron chi connectivity index (χ2n) is 4.64. The fourth-order valence-corrected chi connectivity index (χ4v) is 2.35. The summed E-state index contributed by atoms with van der Waals surface area (Å²) in [7, 11) is 0. The summed E-state index contributed by atoms with van der Waals surface area (Å²) in [6.07, 6.45) is -3.00. The van der Waals surface area contributed by atoms with Gasteiger partial charge in [-0.05, 0) is 12.1 Å². The molecule has 3 rings (SSSR count). The number of aromatic amines is 1. The number of alkyl halides is 3. The molecule has 0 amide bonds. The summed E-state index contributed by atoms with van der Waals surface area (Å²) < 4.78 is 41.0. The van der Waals surface area contributed by atoms with Gasteiger partial charge >= 0.3 is 6.18 Å². The number of aryl methyl sites for hydroxylation is 1. The van der Waals surface area contributed by atoms with Gasteiger partial charge in [-0.25, -0.2) is 9.97 Å². The van der Waals surface area contributed by atoms with Crippen LogP contribution in [0.4, 0.5) is 13.2 Å². The van der Waals surface area contributed by atoms with E-state index in [1.54, 1.807) is 6.92 Å². The van der Waals surface area contributed by atoms with Gasteiger partial charge in [0, 0.05) is 6.42 Å². The van der Waals surface area contributed by atoms with Crippen LogP contribution in [0.1, 0.15) is 18.3 Å². The first-order valence-corrected chi connectivity index (χ1v) is 6.55. The Labute approximate surface area is 122 Å². The van der Waals surface area contributed by atoms with Crippen molar-refractivity contribution >= 4 is 11.2 Å². The molecule has 22 heavy (non-hydrogen) atoms. The van der Waals surface area contributed by atoms with E-state index < -0.39 is 17.3 Å². The fraction of sp³-hybridized carbons (Fsp3) is 0.214. The molecule has 3 aromatic rings. The van der Waals surface area contributed by atoms with Gasteiger partial charge in [-0.2, -0.15) is 13.2 Å². The Bertz CT molecular complexity index is 895. The molecule has 0 bridgehead atoms. The zero-order valence-electron chi connectivity index (χ0n) is 11.5. The molecule has 5 nitrogen and oxygen atoms in total. The molecule has 0 saturated heterocycles. The van der Waals surface area contributed by atoms with Crippen molar-refractivity contribution in [2.75, 3.05) is 0 Å². The van der Waals surface area contributed by atoms with E-state index in [4.69, 9.17) is 0 Å². The van der Waals surface area contributed by atoms with Crippen LogP contribution in [0.3, 0.4) is 0 Å². The molecule has 2 aromatic heterocycles. The number of H-pyrrole nitrogens is 1. The Hall–Kier alpha value is -2.64. The number of imidazole rings is 1. The van der Waals surface area contributed by atoms with E-state index in [2.05, 4.69) is 15.0 Å². The van der Waals surface area contributed by atoms with Gasteiger partial charge in [0.25, 0.3) is 5.56 Å². The minimum atomic E-state index is -4.51. The number of benzene rings is 1. The summed E-state index contributed by atoms with van der Waals surface area (Å²) in [6, 6.07) is 5.15. The first-order chi connectivity index (χ1) is 10.4. The monoisotopic (exact) mass is 308 g/mol. The Morgan fingerprint density at radius 1 is 1.27 bits per heavy atom. The largest absolute Gasteiger partial charge is 0.418 e. The molecule has 0 aliphatic carbocycles. The zero-order chi connectivity index (χ0) is 15.9. The topological polar surface area (TPSA) is 63.6 Å². The molecule has 0 unspecified atom stereocenters. The molecular formula is C14H11F3N4O. The first kappa shape index (κ1) is 14.3. The third kappa shape index (κ3) is 2.16. The van der Waals surface area contributed by atoms with Gasteiger partial charge in [-0.15, -0.1) is 0 Å². The minimum absolute atomic E-state index is 0.0244. The summed E-state index contributed by atoms with van der Waals surface area (Å²) >= 11 is 0. The quantitative estimate of drug-likeness (QED) is 0.791. The predicted octanol–water partition coefficient (Wildman–Crippen LogP) is 2.69. The van der Waals surface area contributed by atoms with E-state index >= 15 is 0 Å². The van der Waals surface area contributed by atoms with Gasteiger partial charge in [-0.1, -0.05) is 19.1 Å². The number of halogens is 3. The number of hydrogen-bond acceptors (Lipinski definition) is 3. The molecule has 0 aliphatic heterocycles. The number of fused-ring (bicyclic) bond motifs is 1. The molecule has 8 heteroatoms. The second kappa shape index (κ2) is 4.97. The van der Waals surface area contributed by atoms with Crippen molar-refractivity contribution in [1.82, 2.24) is 19.5 Å². The number of rotatable bonds is 2. The lowest BCUT2D eigenvalue weighted by Gasteiger charge is -2.15. The highest BCUT2D eigenvalue weighted by Gasteiger charge is 2.34. The number of para-hydroxylation sites is 1.